The average molecular weight is 375 g/mol. The summed E-state index contributed by atoms with van der Waals surface area (Å²) in [6, 6.07) is 11.7. The molecule has 0 fully saturated rings. The molecule has 2 aromatic rings. The topological polar surface area (TPSA) is 118 Å². The molecule has 7 nitrogen and oxygen atoms in total. The number of rotatable bonds is 6. The van der Waals surface area contributed by atoms with E-state index in [0.29, 0.717) is 16.8 Å². The summed E-state index contributed by atoms with van der Waals surface area (Å²) in [5, 5.41) is 10.2. The Morgan fingerprint density at radius 2 is 1.77 bits per heavy atom. The van der Waals surface area contributed by atoms with Crippen LogP contribution in [0.3, 0.4) is 0 Å². The van der Waals surface area contributed by atoms with Gasteiger partial charge in [-0.25, -0.2) is 13.6 Å². The molecule has 138 valence electrons. The van der Waals surface area contributed by atoms with E-state index in [4.69, 9.17) is 5.14 Å². The molecular weight excluding hydrogens is 354 g/mol. The van der Waals surface area contributed by atoms with Crippen LogP contribution in [0.2, 0.25) is 0 Å². The quantitative estimate of drug-likeness (QED) is 0.708. The van der Waals surface area contributed by atoms with Crippen molar-refractivity contribution in [2.45, 2.75) is 19.6 Å². The van der Waals surface area contributed by atoms with E-state index >= 15 is 0 Å². The van der Waals surface area contributed by atoms with Crippen LogP contribution in [0.4, 0.5) is 5.69 Å². The van der Waals surface area contributed by atoms with Crippen molar-refractivity contribution in [3.05, 3.63) is 64.7 Å². The maximum atomic E-state index is 12.1. The summed E-state index contributed by atoms with van der Waals surface area (Å²) < 4.78 is 22.3. The van der Waals surface area contributed by atoms with E-state index in [-0.39, 0.29) is 18.2 Å². The lowest BCUT2D eigenvalue weighted by Crippen LogP contribution is -2.32. The third-order valence-corrected chi connectivity index (χ3v) is 4.49. The van der Waals surface area contributed by atoms with Gasteiger partial charge in [0.2, 0.25) is 15.9 Å². The summed E-state index contributed by atoms with van der Waals surface area (Å²) in [7, 11) is -3.65. The SMILES string of the molecule is Cc1ccc(C(=O)NCC(=O)Nc2cccc(CS(N)(=O)=O)c2)cc1C. The molecule has 2 rings (SSSR count). The van der Waals surface area contributed by atoms with E-state index in [9.17, 15) is 18.0 Å². The predicted octanol–water partition coefficient (Wildman–Crippen LogP) is 1.46. The van der Waals surface area contributed by atoms with Gasteiger partial charge in [0.05, 0.1) is 12.3 Å². The second-order valence-corrected chi connectivity index (χ2v) is 7.65. The van der Waals surface area contributed by atoms with Crippen LogP contribution < -0.4 is 15.8 Å². The van der Waals surface area contributed by atoms with Gasteiger partial charge in [-0.1, -0.05) is 18.2 Å². The van der Waals surface area contributed by atoms with Gasteiger partial charge in [0.1, 0.15) is 0 Å². The fourth-order valence-electron chi connectivity index (χ4n) is 2.32. The van der Waals surface area contributed by atoms with Gasteiger partial charge in [-0.2, -0.15) is 0 Å². The Kier molecular flexibility index (Phi) is 6.12. The molecular formula is C18H21N3O4S. The largest absolute Gasteiger partial charge is 0.343 e. The predicted molar refractivity (Wildman–Crippen MR) is 100 cm³/mol. The minimum absolute atomic E-state index is 0.203. The minimum atomic E-state index is -3.65. The minimum Gasteiger partial charge on any atom is -0.343 e. The molecule has 0 spiro atoms. The molecule has 0 bridgehead atoms. The maximum absolute atomic E-state index is 12.1. The lowest BCUT2D eigenvalue weighted by molar-refractivity contribution is -0.115. The smallest absolute Gasteiger partial charge is 0.251 e. The Balaban J connectivity index is 1.93. The van der Waals surface area contributed by atoms with E-state index in [2.05, 4.69) is 10.6 Å². The Labute approximate surface area is 152 Å². The van der Waals surface area contributed by atoms with E-state index in [0.717, 1.165) is 11.1 Å². The first kappa shape index (κ1) is 19.6. The van der Waals surface area contributed by atoms with Gasteiger partial charge >= 0.3 is 0 Å². The van der Waals surface area contributed by atoms with Crippen molar-refractivity contribution in [1.82, 2.24) is 5.32 Å². The van der Waals surface area contributed by atoms with E-state index < -0.39 is 15.9 Å². The number of sulfonamides is 1. The number of carbonyl (C=O) groups excluding carboxylic acids is 2. The van der Waals surface area contributed by atoms with Crippen LogP contribution in [0, 0.1) is 13.8 Å². The first-order valence-electron chi connectivity index (χ1n) is 7.89. The maximum Gasteiger partial charge on any atom is 0.251 e. The van der Waals surface area contributed by atoms with Crippen LogP contribution in [-0.4, -0.2) is 26.8 Å². The number of amides is 2. The number of hydrogen-bond acceptors (Lipinski definition) is 4. The van der Waals surface area contributed by atoms with Crippen LogP contribution >= 0.6 is 0 Å². The number of nitrogens with one attached hydrogen (secondary N) is 2. The lowest BCUT2D eigenvalue weighted by atomic mass is 10.1. The Morgan fingerprint density at radius 1 is 1.04 bits per heavy atom. The highest BCUT2D eigenvalue weighted by Gasteiger charge is 2.10. The highest BCUT2D eigenvalue weighted by molar-refractivity contribution is 7.88. The molecule has 2 aromatic carbocycles. The first-order valence-corrected chi connectivity index (χ1v) is 9.60. The zero-order chi connectivity index (χ0) is 19.3. The zero-order valence-electron chi connectivity index (χ0n) is 14.6. The van der Waals surface area contributed by atoms with Gasteiger partial charge in [0.25, 0.3) is 5.91 Å². The number of benzene rings is 2. The molecule has 8 heteroatoms. The number of nitrogens with two attached hydrogens (primary N) is 1. The molecule has 4 N–H and O–H groups in total. The third-order valence-electron chi connectivity index (χ3n) is 3.76. The van der Waals surface area contributed by atoms with Crippen LogP contribution in [0.15, 0.2) is 42.5 Å². The Hall–Kier alpha value is -2.71. The summed E-state index contributed by atoms with van der Waals surface area (Å²) >= 11 is 0. The fraction of sp³-hybridized carbons (Fsp3) is 0.222. The number of hydrogen-bond donors (Lipinski definition) is 3. The van der Waals surface area contributed by atoms with Gasteiger partial charge in [-0.3, -0.25) is 9.59 Å². The van der Waals surface area contributed by atoms with Crippen molar-refractivity contribution < 1.29 is 18.0 Å². The van der Waals surface area contributed by atoms with Gasteiger partial charge < -0.3 is 10.6 Å². The van der Waals surface area contributed by atoms with Gasteiger partial charge in [-0.05, 0) is 54.8 Å². The van der Waals surface area contributed by atoms with Crippen LogP contribution in [0.5, 0.6) is 0 Å². The normalized spacial score (nSPS) is 11.0. The second-order valence-electron chi connectivity index (χ2n) is 6.04. The van der Waals surface area contributed by atoms with Crippen molar-refractivity contribution in [3.8, 4) is 0 Å². The van der Waals surface area contributed by atoms with Crippen molar-refractivity contribution >= 4 is 27.5 Å². The van der Waals surface area contributed by atoms with Crippen LogP contribution in [0.25, 0.3) is 0 Å². The highest BCUT2D eigenvalue weighted by Crippen LogP contribution is 2.12. The van der Waals surface area contributed by atoms with Gasteiger partial charge in [0.15, 0.2) is 0 Å². The molecule has 0 aliphatic heterocycles. The molecule has 2 amide bonds. The standard InChI is InChI=1S/C18H21N3O4S/c1-12-6-7-15(8-13(12)2)18(23)20-10-17(22)21-16-5-3-4-14(9-16)11-26(19,24)25/h3-9H,10-11H2,1-2H3,(H,20,23)(H,21,22)(H2,19,24,25). The van der Waals surface area contributed by atoms with Crippen molar-refractivity contribution in [2.75, 3.05) is 11.9 Å². The average Bonchev–Trinajstić information content (AvgIpc) is 2.54. The third kappa shape index (κ3) is 5.98. The lowest BCUT2D eigenvalue weighted by Gasteiger charge is -2.09. The van der Waals surface area contributed by atoms with E-state index in [1.165, 1.54) is 6.07 Å². The second kappa shape index (κ2) is 8.11. The van der Waals surface area contributed by atoms with Crippen LogP contribution in [0.1, 0.15) is 27.0 Å². The van der Waals surface area contributed by atoms with Crippen molar-refractivity contribution in [2.24, 2.45) is 5.14 Å². The summed E-state index contributed by atoms with van der Waals surface area (Å²) in [5.74, 6) is -1.08. The van der Waals surface area contributed by atoms with Crippen molar-refractivity contribution in [3.63, 3.8) is 0 Å². The fourth-order valence-corrected chi connectivity index (χ4v) is 2.97. The zero-order valence-corrected chi connectivity index (χ0v) is 15.4. The highest BCUT2D eigenvalue weighted by atomic mass is 32.2. The monoisotopic (exact) mass is 375 g/mol. The number of primary sulfonamides is 1. The number of anilines is 1. The summed E-state index contributed by atoms with van der Waals surface area (Å²) in [4.78, 5) is 24.1. The molecule has 0 unspecified atom stereocenters. The van der Waals surface area contributed by atoms with Gasteiger partial charge in [-0.15, -0.1) is 0 Å². The molecule has 0 saturated heterocycles. The molecule has 0 atom stereocenters. The van der Waals surface area contributed by atoms with E-state index in [1.807, 2.05) is 19.9 Å². The molecule has 0 saturated carbocycles. The molecule has 26 heavy (non-hydrogen) atoms. The molecule has 0 aliphatic rings. The molecule has 0 radical (unpaired) electrons. The van der Waals surface area contributed by atoms with E-state index in [1.54, 1.807) is 30.3 Å². The Morgan fingerprint density at radius 3 is 2.42 bits per heavy atom. The number of aryl methyl sites for hydroxylation is 2. The molecule has 0 aromatic heterocycles. The summed E-state index contributed by atoms with van der Waals surface area (Å²) in [5.41, 5.74) is 3.45. The molecule has 0 aliphatic carbocycles. The van der Waals surface area contributed by atoms with Gasteiger partial charge in [0, 0.05) is 11.3 Å². The Bertz CT molecular complexity index is 939. The number of carbonyl (C=O) groups is 2. The summed E-state index contributed by atoms with van der Waals surface area (Å²) in [6.07, 6.45) is 0. The molecule has 0 heterocycles. The first-order chi connectivity index (χ1) is 12.1. The van der Waals surface area contributed by atoms with Crippen molar-refractivity contribution in [1.29, 1.82) is 0 Å². The van der Waals surface area contributed by atoms with Crippen LogP contribution in [-0.2, 0) is 20.6 Å². The summed E-state index contributed by atoms with van der Waals surface area (Å²) in [6.45, 7) is 3.66.